The molecule has 0 spiro atoms. The molecule has 1 atom stereocenters. The number of aliphatic hydroxyl groups excluding tert-OH is 1. The third-order valence-electron chi connectivity index (χ3n) is 2.11. The molecule has 17 heavy (non-hydrogen) atoms. The zero-order valence-electron chi connectivity index (χ0n) is 9.19. The summed E-state index contributed by atoms with van der Waals surface area (Å²) in [5.74, 6) is -0.510. The number of rotatable bonds is 4. The van der Waals surface area contributed by atoms with Gasteiger partial charge in [-0.2, -0.15) is 0 Å². The molecule has 1 unspecified atom stereocenters. The zero-order valence-corrected chi connectivity index (χ0v) is 12.1. The molecular weight excluding hydrogens is 354 g/mol. The molecule has 1 N–H and O–H groups in total. The van der Waals surface area contributed by atoms with Crippen LogP contribution in [0.1, 0.15) is 18.6 Å². The van der Waals surface area contributed by atoms with Crippen molar-refractivity contribution in [3.05, 3.63) is 44.5 Å². The van der Waals surface area contributed by atoms with Crippen LogP contribution >= 0.6 is 34.2 Å². The molecule has 0 saturated heterocycles. The van der Waals surface area contributed by atoms with Crippen LogP contribution < -0.4 is 0 Å². The van der Waals surface area contributed by atoms with Crippen LogP contribution in [-0.4, -0.2) is 17.7 Å². The second kappa shape index (κ2) is 6.98. The van der Waals surface area contributed by atoms with Gasteiger partial charge in [-0.1, -0.05) is 46.3 Å². The Morgan fingerprint density at radius 3 is 2.59 bits per heavy atom. The number of carbonyl (C=O) groups excluding carboxylic acids is 1. The normalized spacial score (nSPS) is 13.3. The van der Waals surface area contributed by atoms with E-state index in [2.05, 4.69) is 0 Å². The smallest absolute Gasteiger partial charge is 0.337 e. The van der Waals surface area contributed by atoms with E-state index in [0.29, 0.717) is 10.6 Å². The molecule has 5 heteroatoms. The van der Waals surface area contributed by atoms with Crippen LogP contribution in [0, 0.1) is 0 Å². The van der Waals surface area contributed by atoms with Gasteiger partial charge in [-0.05, 0) is 28.7 Å². The largest absolute Gasteiger partial charge is 0.463 e. The van der Waals surface area contributed by atoms with Crippen LogP contribution in [0.3, 0.4) is 0 Å². The maximum atomic E-state index is 11.6. The number of esters is 1. The molecule has 0 aliphatic carbocycles. The van der Waals surface area contributed by atoms with Gasteiger partial charge in [-0.3, -0.25) is 0 Å². The highest BCUT2D eigenvalue weighted by Crippen LogP contribution is 2.25. The van der Waals surface area contributed by atoms with E-state index in [1.807, 2.05) is 22.6 Å². The van der Waals surface area contributed by atoms with E-state index < -0.39 is 12.1 Å². The molecule has 0 aliphatic rings. The number of halogens is 2. The molecule has 1 aromatic rings. The lowest BCUT2D eigenvalue weighted by Gasteiger charge is -2.13. The van der Waals surface area contributed by atoms with E-state index in [4.69, 9.17) is 16.3 Å². The van der Waals surface area contributed by atoms with Crippen LogP contribution in [0.5, 0.6) is 0 Å². The molecular formula is C12H12ClIO3. The SMILES string of the molecule is CCOC(=O)/C(=C\I)C(O)c1ccc(Cl)cc1. The summed E-state index contributed by atoms with van der Waals surface area (Å²) in [7, 11) is 0. The van der Waals surface area contributed by atoms with Crippen molar-refractivity contribution >= 4 is 40.2 Å². The van der Waals surface area contributed by atoms with E-state index >= 15 is 0 Å². The molecule has 0 aliphatic heterocycles. The van der Waals surface area contributed by atoms with Gasteiger partial charge in [-0.15, -0.1) is 0 Å². The van der Waals surface area contributed by atoms with E-state index in [0.717, 1.165) is 0 Å². The third-order valence-corrected chi connectivity index (χ3v) is 3.03. The van der Waals surface area contributed by atoms with Crippen molar-refractivity contribution in [3.8, 4) is 0 Å². The first-order valence-electron chi connectivity index (χ1n) is 5.01. The van der Waals surface area contributed by atoms with Crippen molar-refractivity contribution < 1.29 is 14.6 Å². The fraction of sp³-hybridized carbons (Fsp3) is 0.250. The lowest BCUT2D eigenvalue weighted by Crippen LogP contribution is -2.14. The molecule has 0 aromatic heterocycles. The summed E-state index contributed by atoms with van der Waals surface area (Å²) in [5, 5.41) is 10.6. The third kappa shape index (κ3) is 3.97. The molecule has 0 heterocycles. The monoisotopic (exact) mass is 366 g/mol. The summed E-state index contributed by atoms with van der Waals surface area (Å²) in [6.07, 6.45) is -0.997. The molecule has 0 radical (unpaired) electrons. The van der Waals surface area contributed by atoms with Gasteiger partial charge in [0.15, 0.2) is 0 Å². The first kappa shape index (κ1) is 14.5. The van der Waals surface area contributed by atoms with Crippen molar-refractivity contribution in [2.24, 2.45) is 0 Å². The van der Waals surface area contributed by atoms with Crippen molar-refractivity contribution in [3.63, 3.8) is 0 Å². The topological polar surface area (TPSA) is 46.5 Å². The molecule has 0 amide bonds. The predicted octanol–water partition coefficient (Wildman–Crippen LogP) is 3.26. The summed E-state index contributed by atoms with van der Waals surface area (Å²) >= 11 is 7.66. The average Bonchev–Trinajstić information content (AvgIpc) is 2.31. The van der Waals surface area contributed by atoms with E-state index in [-0.39, 0.29) is 12.2 Å². The van der Waals surface area contributed by atoms with Gasteiger partial charge < -0.3 is 9.84 Å². The number of benzene rings is 1. The van der Waals surface area contributed by atoms with Gasteiger partial charge in [0.1, 0.15) is 6.10 Å². The zero-order chi connectivity index (χ0) is 12.8. The Morgan fingerprint density at radius 1 is 1.53 bits per heavy atom. The fourth-order valence-electron chi connectivity index (χ4n) is 1.25. The summed E-state index contributed by atoms with van der Waals surface area (Å²) in [5.41, 5.74) is 0.820. The van der Waals surface area contributed by atoms with Crippen LogP contribution in [-0.2, 0) is 9.53 Å². The van der Waals surface area contributed by atoms with Gasteiger partial charge in [-0.25, -0.2) is 4.79 Å². The van der Waals surface area contributed by atoms with Crippen LogP contribution in [0.25, 0.3) is 0 Å². The molecule has 3 nitrogen and oxygen atoms in total. The van der Waals surface area contributed by atoms with Crippen molar-refractivity contribution in [2.75, 3.05) is 6.61 Å². The van der Waals surface area contributed by atoms with Gasteiger partial charge in [0.2, 0.25) is 0 Å². The number of hydrogen-bond donors (Lipinski definition) is 1. The van der Waals surface area contributed by atoms with E-state index in [1.165, 1.54) is 4.08 Å². The minimum Gasteiger partial charge on any atom is -0.463 e. The fourth-order valence-corrected chi connectivity index (χ4v) is 1.98. The highest BCUT2D eigenvalue weighted by Gasteiger charge is 2.20. The predicted molar refractivity (Wildman–Crippen MR) is 75.1 cm³/mol. The average molecular weight is 367 g/mol. The first-order chi connectivity index (χ1) is 8.10. The Labute approximate surface area is 119 Å². The van der Waals surface area contributed by atoms with Crippen LogP contribution in [0.15, 0.2) is 33.9 Å². The second-order valence-electron chi connectivity index (χ2n) is 3.24. The summed E-state index contributed by atoms with van der Waals surface area (Å²) in [6.45, 7) is 2.00. The Balaban J connectivity index is 2.90. The highest BCUT2D eigenvalue weighted by molar-refractivity contribution is 14.1. The minimum atomic E-state index is -0.997. The maximum Gasteiger partial charge on any atom is 0.337 e. The van der Waals surface area contributed by atoms with E-state index in [9.17, 15) is 9.90 Å². The second-order valence-corrected chi connectivity index (χ2v) is 4.30. The molecule has 0 saturated carbocycles. The highest BCUT2D eigenvalue weighted by atomic mass is 127. The van der Waals surface area contributed by atoms with Crippen LogP contribution in [0.2, 0.25) is 5.02 Å². The Hall–Kier alpha value is -0.590. The number of carbonyl (C=O) groups is 1. The number of ether oxygens (including phenoxy) is 1. The Bertz CT molecular complexity index is 414. The lowest BCUT2D eigenvalue weighted by molar-refractivity contribution is -0.139. The number of aliphatic hydroxyl groups is 1. The van der Waals surface area contributed by atoms with Gasteiger partial charge >= 0.3 is 5.97 Å². The van der Waals surface area contributed by atoms with Gasteiger partial charge in [0.25, 0.3) is 0 Å². The first-order valence-corrected chi connectivity index (χ1v) is 6.63. The van der Waals surface area contributed by atoms with Gasteiger partial charge in [0.05, 0.1) is 12.2 Å². The molecule has 0 bridgehead atoms. The maximum absolute atomic E-state index is 11.6. The quantitative estimate of drug-likeness (QED) is 0.505. The summed E-state index contributed by atoms with van der Waals surface area (Å²) in [4.78, 5) is 11.6. The molecule has 0 fully saturated rings. The van der Waals surface area contributed by atoms with Crippen LogP contribution in [0.4, 0.5) is 0 Å². The Morgan fingerprint density at radius 2 is 2.12 bits per heavy atom. The Kier molecular flexibility index (Phi) is 5.94. The molecule has 1 aromatic carbocycles. The standard InChI is InChI=1S/C12H12ClIO3/c1-2-17-12(16)10(7-14)11(15)8-3-5-9(13)6-4-8/h3-7,11,15H,2H2,1H3/b10-7-. The van der Waals surface area contributed by atoms with Crippen molar-refractivity contribution in [1.29, 1.82) is 0 Å². The van der Waals surface area contributed by atoms with E-state index in [1.54, 1.807) is 31.2 Å². The lowest BCUT2D eigenvalue weighted by atomic mass is 10.0. The number of hydrogen-bond acceptors (Lipinski definition) is 3. The minimum absolute atomic E-state index is 0.217. The summed E-state index contributed by atoms with van der Waals surface area (Å²) in [6, 6.07) is 6.67. The van der Waals surface area contributed by atoms with Gasteiger partial charge in [0, 0.05) is 5.02 Å². The van der Waals surface area contributed by atoms with Crippen molar-refractivity contribution in [1.82, 2.24) is 0 Å². The van der Waals surface area contributed by atoms with Crippen molar-refractivity contribution in [2.45, 2.75) is 13.0 Å². The molecule has 92 valence electrons. The summed E-state index contributed by atoms with van der Waals surface area (Å²) < 4.78 is 6.39. The molecule has 1 rings (SSSR count).